The van der Waals surface area contributed by atoms with E-state index >= 15 is 0 Å². The Labute approximate surface area is 127 Å². The fourth-order valence-corrected chi connectivity index (χ4v) is 3.64. The summed E-state index contributed by atoms with van der Waals surface area (Å²) in [6.45, 7) is 5.39. The monoisotopic (exact) mass is 330 g/mol. The van der Waals surface area contributed by atoms with Crippen LogP contribution < -0.4 is 4.74 Å². The van der Waals surface area contributed by atoms with Gasteiger partial charge in [0, 0.05) is 17.1 Å². The van der Waals surface area contributed by atoms with Crippen molar-refractivity contribution in [3.63, 3.8) is 0 Å². The number of rotatable bonds is 5. The Morgan fingerprint density at radius 3 is 2.38 bits per heavy atom. The lowest BCUT2D eigenvalue weighted by molar-refractivity contribution is 0.284. The number of halogens is 1. The van der Waals surface area contributed by atoms with Gasteiger partial charge in [0.05, 0.1) is 4.90 Å². The lowest BCUT2D eigenvalue weighted by Gasteiger charge is -2.10. The summed E-state index contributed by atoms with van der Waals surface area (Å²) in [5.41, 5.74) is 1.06. The van der Waals surface area contributed by atoms with Crippen molar-refractivity contribution in [1.29, 1.82) is 0 Å². The molecule has 114 valence electrons. The highest BCUT2D eigenvalue weighted by molar-refractivity contribution is 8.13. The molecular weight excluding hydrogens is 316 g/mol. The maximum absolute atomic E-state index is 11.5. The van der Waals surface area contributed by atoms with Crippen molar-refractivity contribution >= 4 is 19.7 Å². The molecule has 8 heteroatoms. The third-order valence-electron chi connectivity index (χ3n) is 2.86. The summed E-state index contributed by atoms with van der Waals surface area (Å²) in [6, 6.07) is 3.23. The molecule has 0 bridgehead atoms. The van der Waals surface area contributed by atoms with E-state index in [1.807, 2.05) is 6.92 Å². The number of hydrogen-bond acceptors (Lipinski definition) is 6. The second-order valence-corrected chi connectivity index (χ2v) is 7.07. The van der Waals surface area contributed by atoms with Gasteiger partial charge in [-0.1, -0.05) is 12.1 Å². The van der Waals surface area contributed by atoms with Gasteiger partial charge >= 0.3 is 0 Å². The summed E-state index contributed by atoms with van der Waals surface area (Å²) < 4.78 is 33.5. The van der Waals surface area contributed by atoms with Gasteiger partial charge in [-0.2, -0.15) is 4.98 Å². The lowest BCUT2D eigenvalue weighted by Crippen LogP contribution is -2.02. The maximum atomic E-state index is 11.5. The van der Waals surface area contributed by atoms with Crippen LogP contribution in [0.5, 0.6) is 5.75 Å². The summed E-state index contributed by atoms with van der Waals surface area (Å²) in [5.74, 6) is 1.51. The third kappa shape index (κ3) is 3.74. The molecule has 21 heavy (non-hydrogen) atoms. The topological polar surface area (TPSA) is 82.3 Å². The number of aromatic nitrogens is 2. The maximum Gasteiger partial charge on any atom is 0.261 e. The van der Waals surface area contributed by atoms with Gasteiger partial charge in [-0.15, -0.1) is 0 Å². The molecule has 0 radical (unpaired) electrons. The number of aryl methyl sites for hydroxylation is 3. The molecular formula is C13H15ClN2O4S. The SMILES string of the molecule is CCc1nc(COc2cc(C)c(S(=O)(=O)Cl)c(C)c2)no1. The van der Waals surface area contributed by atoms with Crippen LogP contribution in [0.4, 0.5) is 0 Å². The van der Waals surface area contributed by atoms with Crippen LogP contribution in [0.3, 0.4) is 0 Å². The molecule has 2 aromatic rings. The van der Waals surface area contributed by atoms with Crippen molar-refractivity contribution in [2.75, 3.05) is 0 Å². The zero-order valence-electron chi connectivity index (χ0n) is 11.9. The van der Waals surface area contributed by atoms with Gasteiger partial charge in [0.1, 0.15) is 5.75 Å². The molecule has 0 aliphatic rings. The van der Waals surface area contributed by atoms with Crippen LogP contribution in [0, 0.1) is 13.8 Å². The minimum absolute atomic E-state index is 0.115. The van der Waals surface area contributed by atoms with E-state index in [4.69, 9.17) is 19.9 Å². The van der Waals surface area contributed by atoms with Gasteiger partial charge in [-0.05, 0) is 37.1 Å². The largest absolute Gasteiger partial charge is 0.485 e. The van der Waals surface area contributed by atoms with Crippen LogP contribution in [-0.4, -0.2) is 18.6 Å². The summed E-state index contributed by atoms with van der Waals surface area (Å²) in [5, 5.41) is 3.78. The molecule has 0 saturated carbocycles. The van der Waals surface area contributed by atoms with Crippen molar-refractivity contribution in [3.05, 3.63) is 35.0 Å². The molecule has 2 rings (SSSR count). The lowest BCUT2D eigenvalue weighted by atomic mass is 10.1. The van der Waals surface area contributed by atoms with Gasteiger partial charge in [0.25, 0.3) is 9.05 Å². The zero-order chi connectivity index (χ0) is 15.6. The van der Waals surface area contributed by atoms with Crippen molar-refractivity contribution in [3.8, 4) is 5.75 Å². The Hall–Kier alpha value is -1.60. The average Bonchev–Trinajstić information content (AvgIpc) is 2.81. The Kier molecular flexibility index (Phi) is 4.53. The van der Waals surface area contributed by atoms with E-state index in [0.717, 1.165) is 0 Å². The number of ether oxygens (including phenoxy) is 1. The van der Waals surface area contributed by atoms with Gasteiger partial charge in [0.2, 0.25) is 11.7 Å². The smallest absolute Gasteiger partial charge is 0.261 e. The standard InChI is InChI=1S/C13H15ClN2O4S/c1-4-12-15-11(16-20-12)7-19-10-5-8(2)13(9(3)6-10)21(14,17)18/h5-6H,4,7H2,1-3H3. The zero-order valence-corrected chi connectivity index (χ0v) is 13.5. The normalized spacial score (nSPS) is 11.6. The molecule has 0 aliphatic heterocycles. The molecule has 0 atom stereocenters. The van der Waals surface area contributed by atoms with E-state index in [0.29, 0.717) is 35.0 Å². The van der Waals surface area contributed by atoms with Crippen molar-refractivity contribution in [2.24, 2.45) is 0 Å². The van der Waals surface area contributed by atoms with Crippen molar-refractivity contribution in [2.45, 2.75) is 38.7 Å². The molecule has 1 heterocycles. The first-order valence-corrected chi connectivity index (χ1v) is 8.62. The second-order valence-electron chi connectivity index (χ2n) is 4.57. The van der Waals surface area contributed by atoms with Crippen LogP contribution in [0.2, 0.25) is 0 Å². The highest BCUT2D eigenvalue weighted by atomic mass is 35.7. The molecule has 1 aromatic carbocycles. The van der Waals surface area contributed by atoms with Crippen LogP contribution in [0.1, 0.15) is 29.8 Å². The molecule has 1 aromatic heterocycles. The summed E-state index contributed by atoms with van der Waals surface area (Å²) >= 11 is 0. The third-order valence-corrected chi connectivity index (χ3v) is 4.45. The Balaban J connectivity index is 2.18. The highest BCUT2D eigenvalue weighted by Gasteiger charge is 2.18. The molecule has 0 amide bonds. The van der Waals surface area contributed by atoms with E-state index in [9.17, 15) is 8.42 Å². The van der Waals surface area contributed by atoms with Crippen LogP contribution in [0.15, 0.2) is 21.6 Å². The van der Waals surface area contributed by atoms with E-state index in [2.05, 4.69) is 10.1 Å². The molecule has 0 fully saturated rings. The Morgan fingerprint density at radius 2 is 1.90 bits per heavy atom. The fourth-order valence-electron chi connectivity index (χ4n) is 2.02. The van der Waals surface area contributed by atoms with Gasteiger partial charge < -0.3 is 9.26 Å². The first kappa shape index (κ1) is 15.8. The molecule has 0 spiro atoms. The second kappa shape index (κ2) is 6.03. The van der Waals surface area contributed by atoms with E-state index in [1.165, 1.54) is 0 Å². The molecule has 0 N–H and O–H groups in total. The molecule has 0 unspecified atom stereocenters. The first-order valence-electron chi connectivity index (χ1n) is 6.31. The van der Waals surface area contributed by atoms with Gasteiger partial charge in [-0.3, -0.25) is 0 Å². The Morgan fingerprint density at radius 1 is 1.29 bits per heavy atom. The van der Waals surface area contributed by atoms with Crippen LogP contribution >= 0.6 is 10.7 Å². The van der Waals surface area contributed by atoms with Gasteiger partial charge in [0.15, 0.2) is 6.61 Å². The predicted molar refractivity (Wildman–Crippen MR) is 77.0 cm³/mol. The highest BCUT2D eigenvalue weighted by Crippen LogP contribution is 2.28. The predicted octanol–water partition coefficient (Wildman–Crippen LogP) is 2.76. The van der Waals surface area contributed by atoms with Crippen LogP contribution in [-0.2, 0) is 22.1 Å². The Bertz CT molecular complexity index is 732. The number of nitrogens with zero attached hydrogens (tertiary/aromatic N) is 2. The van der Waals surface area contributed by atoms with Crippen LogP contribution in [0.25, 0.3) is 0 Å². The average molecular weight is 331 g/mol. The van der Waals surface area contributed by atoms with E-state index in [-0.39, 0.29) is 11.5 Å². The fraction of sp³-hybridized carbons (Fsp3) is 0.385. The quantitative estimate of drug-likeness (QED) is 0.784. The minimum Gasteiger partial charge on any atom is -0.485 e. The van der Waals surface area contributed by atoms with Crippen molar-refractivity contribution in [1.82, 2.24) is 10.1 Å². The molecule has 0 aliphatic carbocycles. The first-order chi connectivity index (χ1) is 9.81. The molecule has 6 nitrogen and oxygen atoms in total. The number of benzene rings is 1. The minimum atomic E-state index is -3.77. The van der Waals surface area contributed by atoms with Crippen molar-refractivity contribution < 1.29 is 17.7 Å². The van der Waals surface area contributed by atoms with Gasteiger partial charge in [-0.25, -0.2) is 8.42 Å². The molecule has 0 saturated heterocycles. The van der Waals surface area contributed by atoms with E-state index in [1.54, 1.807) is 26.0 Å². The summed E-state index contributed by atoms with van der Waals surface area (Å²) in [7, 11) is 1.64. The summed E-state index contributed by atoms with van der Waals surface area (Å²) in [6.07, 6.45) is 0.660. The summed E-state index contributed by atoms with van der Waals surface area (Å²) in [4.78, 5) is 4.24. The number of hydrogen-bond donors (Lipinski definition) is 0. The van der Waals surface area contributed by atoms with E-state index < -0.39 is 9.05 Å².